The number of carbonyl (C=O) groups is 3. The smallest absolute Gasteiger partial charge is 0.408 e. The van der Waals surface area contributed by atoms with E-state index in [1.807, 2.05) is 51.1 Å². The van der Waals surface area contributed by atoms with E-state index in [4.69, 9.17) is 9.72 Å². The second-order valence-corrected chi connectivity index (χ2v) is 12.5. The Bertz CT molecular complexity index is 1440. The van der Waals surface area contributed by atoms with Crippen LogP contribution in [0.2, 0.25) is 0 Å². The van der Waals surface area contributed by atoms with Crippen LogP contribution in [-0.2, 0) is 20.9 Å². The molecule has 9 nitrogen and oxygen atoms in total. The molecule has 2 N–H and O–H groups in total. The summed E-state index contributed by atoms with van der Waals surface area (Å²) >= 11 is 0. The fourth-order valence-corrected chi connectivity index (χ4v) is 4.82. The number of ether oxygens (including phenoxy) is 1. The molecular formula is C32H40F2N4O5. The van der Waals surface area contributed by atoms with Crippen LogP contribution >= 0.6 is 0 Å². The van der Waals surface area contributed by atoms with Crippen LogP contribution in [0.15, 0.2) is 54.7 Å². The highest BCUT2D eigenvalue weighted by Crippen LogP contribution is 2.39. The van der Waals surface area contributed by atoms with Crippen molar-refractivity contribution < 1.29 is 33.0 Å². The molecule has 0 saturated heterocycles. The van der Waals surface area contributed by atoms with Crippen LogP contribution in [0.3, 0.4) is 0 Å². The summed E-state index contributed by atoms with van der Waals surface area (Å²) in [5.74, 6) is -2.49. The zero-order valence-electron chi connectivity index (χ0n) is 25.6. The van der Waals surface area contributed by atoms with Gasteiger partial charge in [0.05, 0.1) is 11.7 Å². The van der Waals surface area contributed by atoms with Crippen LogP contribution in [-0.4, -0.2) is 55.7 Å². The number of nitrogens with one attached hydrogen (secondary N) is 1. The Labute approximate surface area is 250 Å². The first-order chi connectivity index (χ1) is 20.0. The molecule has 2 aromatic carbocycles. The molecule has 1 aromatic heterocycles. The van der Waals surface area contributed by atoms with Crippen molar-refractivity contribution in [2.75, 3.05) is 6.54 Å². The molecule has 1 heterocycles. The molecule has 3 rings (SSSR count). The van der Waals surface area contributed by atoms with E-state index in [2.05, 4.69) is 5.32 Å². The first kappa shape index (κ1) is 33.2. The normalized spacial score (nSPS) is 13.2. The lowest BCUT2D eigenvalue weighted by Crippen LogP contribution is -2.47. The molecule has 0 aliphatic carbocycles. The van der Waals surface area contributed by atoms with Crippen LogP contribution in [0, 0.1) is 17.0 Å². The lowest BCUT2D eigenvalue weighted by molar-refractivity contribution is -0.141. The lowest BCUT2D eigenvalue weighted by atomic mass is 9.84. The molecule has 3 aromatic rings. The number of halogens is 2. The van der Waals surface area contributed by atoms with E-state index in [1.54, 1.807) is 31.5 Å². The number of hydrogen-bond donors (Lipinski definition) is 2. The Morgan fingerprint density at radius 3 is 2.26 bits per heavy atom. The molecular weight excluding hydrogens is 558 g/mol. The molecule has 0 aliphatic heterocycles. The van der Waals surface area contributed by atoms with E-state index in [-0.39, 0.29) is 30.1 Å². The Balaban J connectivity index is 2.06. The first-order valence-electron chi connectivity index (χ1n) is 14.0. The molecule has 43 heavy (non-hydrogen) atoms. The van der Waals surface area contributed by atoms with Gasteiger partial charge in [0.1, 0.15) is 29.1 Å². The van der Waals surface area contributed by atoms with E-state index in [9.17, 15) is 28.3 Å². The summed E-state index contributed by atoms with van der Waals surface area (Å²) in [7, 11) is 0. The van der Waals surface area contributed by atoms with Crippen LogP contribution in [0.4, 0.5) is 13.6 Å². The Morgan fingerprint density at radius 2 is 1.70 bits per heavy atom. The SMILES string of the molecule is CC(=O)N(CCC(NC(=O)OC(C)(C)C)C(=O)O)C(c1nc(-c2cc(F)ccc2F)cn1Cc1ccccc1)C(C)(C)C. The Morgan fingerprint density at radius 1 is 1.05 bits per heavy atom. The van der Waals surface area contributed by atoms with E-state index >= 15 is 0 Å². The maximum atomic E-state index is 14.9. The average Bonchev–Trinajstić information content (AvgIpc) is 3.27. The molecule has 2 atom stereocenters. The van der Waals surface area contributed by atoms with Gasteiger partial charge in [-0.3, -0.25) is 4.79 Å². The number of hydrogen-bond acceptors (Lipinski definition) is 5. The summed E-state index contributed by atoms with van der Waals surface area (Å²) in [6.45, 7) is 12.4. The number of carboxylic acids is 1. The summed E-state index contributed by atoms with van der Waals surface area (Å²) in [6.07, 6.45) is 0.620. The monoisotopic (exact) mass is 598 g/mol. The van der Waals surface area contributed by atoms with Gasteiger partial charge in [0.2, 0.25) is 5.91 Å². The van der Waals surface area contributed by atoms with E-state index in [0.717, 1.165) is 23.8 Å². The number of benzene rings is 2. The van der Waals surface area contributed by atoms with Crippen molar-refractivity contribution in [1.82, 2.24) is 19.8 Å². The number of carbonyl (C=O) groups excluding carboxylic acids is 2. The van der Waals surface area contributed by atoms with Crippen LogP contribution in [0.25, 0.3) is 11.3 Å². The van der Waals surface area contributed by atoms with Crippen molar-refractivity contribution in [1.29, 1.82) is 0 Å². The second kappa shape index (κ2) is 13.4. The Hall–Kier alpha value is -4.28. The summed E-state index contributed by atoms with van der Waals surface area (Å²) in [6, 6.07) is 10.6. The predicted molar refractivity (Wildman–Crippen MR) is 158 cm³/mol. The number of rotatable bonds is 10. The fraction of sp³-hybridized carbons (Fsp3) is 0.438. The van der Waals surface area contributed by atoms with Crippen molar-refractivity contribution in [2.45, 2.75) is 79.1 Å². The largest absolute Gasteiger partial charge is 0.480 e. The minimum atomic E-state index is -1.33. The van der Waals surface area contributed by atoms with E-state index in [1.165, 1.54) is 11.8 Å². The topological polar surface area (TPSA) is 114 Å². The lowest BCUT2D eigenvalue weighted by Gasteiger charge is -2.40. The average molecular weight is 599 g/mol. The van der Waals surface area contributed by atoms with Crippen molar-refractivity contribution in [3.8, 4) is 11.3 Å². The molecule has 0 spiro atoms. The molecule has 232 valence electrons. The third kappa shape index (κ3) is 9.10. The Kier molecular flexibility index (Phi) is 10.3. The van der Waals surface area contributed by atoms with Crippen LogP contribution in [0.5, 0.6) is 0 Å². The predicted octanol–water partition coefficient (Wildman–Crippen LogP) is 6.18. The fourth-order valence-electron chi connectivity index (χ4n) is 4.82. The summed E-state index contributed by atoms with van der Waals surface area (Å²) in [5.41, 5.74) is -0.384. The van der Waals surface area contributed by atoms with Gasteiger partial charge in [-0.15, -0.1) is 0 Å². The maximum absolute atomic E-state index is 14.9. The molecule has 0 bridgehead atoms. The van der Waals surface area contributed by atoms with E-state index in [0.29, 0.717) is 12.4 Å². The quantitative estimate of drug-likeness (QED) is 0.288. The summed E-state index contributed by atoms with van der Waals surface area (Å²) in [4.78, 5) is 43.8. The number of aromatic nitrogens is 2. The van der Waals surface area contributed by atoms with Crippen LogP contribution in [0.1, 0.15) is 72.3 Å². The highest BCUT2D eigenvalue weighted by Gasteiger charge is 2.38. The van der Waals surface area contributed by atoms with Gasteiger partial charge in [0.25, 0.3) is 0 Å². The number of carboxylic acid groups (broad SMARTS) is 1. The molecule has 0 saturated carbocycles. The minimum Gasteiger partial charge on any atom is -0.480 e. The highest BCUT2D eigenvalue weighted by atomic mass is 19.1. The minimum absolute atomic E-state index is 0.0254. The number of imidazole rings is 1. The third-order valence-electron chi connectivity index (χ3n) is 6.64. The number of nitrogens with zero attached hydrogens (tertiary/aromatic N) is 3. The van der Waals surface area contributed by atoms with Gasteiger partial charge in [-0.1, -0.05) is 51.1 Å². The van der Waals surface area contributed by atoms with Gasteiger partial charge in [0.15, 0.2) is 0 Å². The second-order valence-electron chi connectivity index (χ2n) is 12.5. The summed E-state index contributed by atoms with van der Waals surface area (Å²) in [5, 5.41) is 12.2. The number of amides is 2. The van der Waals surface area contributed by atoms with Gasteiger partial charge >= 0.3 is 12.1 Å². The van der Waals surface area contributed by atoms with Gasteiger partial charge in [0, 0.05) is 31.8 Å². The van der Waals surface area contributed by atoms with Crippen molar-refractivity contribution >= 4 is 18.0 Å². The molecule has 0 radical (unpaired) electrons. The zero-order chi connectivity index (χ0) is 32.1. The van der Waals surface area contributed by atoms with Gasteiger partial charge in [-0.25, -0.2) is 23.4 Å². The van der Waals surface area contributed by atoms with Crippen molar-refractivity contribution in [3.05, 3.63) is 77.8 Å². The molecule has 11 heteroatoms. The maximum Gasteiger partial charge on any atom is 0.408 e. The van der Waals surface area contributed by atoms with Gasteiger partial charge < -0.3 is 24.6 Å². The zero-order valence-corrected chi connectivity index (χ0v) is 25.6. The standard InChI is InChI=1S/C32H40F2N4O5/c1-20(39)38(16-15-25(29(40)41)36-30(42)43-32(5,6)7)27(31(2,3)4)28-35-26(23-17-22(33)13-14-24(23)34)19-37(28)18-21-11-9-8-10-12-21/h8-14,17,19,25,27H,15-16,18H2,1-7H3,(H,36,42)(H,40,41). The van der Waals surface area contributed by atoms with Crippen molar-refractivity contribution in [3.63, 3.8) is 0 Å². The third-order valence-corrected chi connectivity index (χ3v) is 6.64. The van der Waals surface area contributed by atoms with E-state index < -0.39 is 46.8 Å². The number of aliphatic carboxylic acids is 1. The van der Waals surface area contributed by atoms with Gasteiger partial charge in [-0.05, 0) is 56.4 Å². The molecule has 0 aliphatic rings. The van der Waals surface area contributed by atoms with Crippen molar-refractivity contribution in [2.24, 2.45) is 5.41 Å². The molecule has 2 unspecified atom stereocenters. The summed E-state index contributed by atoms with van der Waals surface area (Å²) < 4.78 is 36.0. The molecule has 0 fully saturated rings. The highest BCUT2D eigenvalue weighted by molar-refractivity contribution is 5.80. The van der Waals surface area contributed by atoms with Crippen LogP contribution < -0.4 is 5.32 Å². The molecule has 2 amide bonds. The first-order valence-corrected chi connectivity index (χ1v) is 14.0. The van der Waals surface area contributed by atoms with Gasteiger partial charge in [-0.2, -0.15) is 0 Å². The number of alkyl carbamates (subject to hydrolysis) is 1.